The maximum absolute atomic E-state index is 12.1. The number of carbonyl (C=O) groups excluding carboxylic acids is 3. The summed E-state index contributed by atoms with van der Waals surface area (Å²) in [7, 11) is 0. The lowest BCUT2D eigenvalue weighted by Gasteiger charge is -2.17. The van der Waals surface area contributed by atoms with Crippen LogP contribution in [0.2, 0.25) is 0 Å². The third-order valence-electron chi connectivity index (χ3n) is 3.26. The molecule has 2 heterocycles. The molecule has 7 heteroatoms. The summed E-state index contributed by atoms with van der Waals surface area (Å²) in [5, 5.41) is 0. The Kier molecular flexibility index (Phi) is 3.54. The largest absolute Gasteiger partial charge is 0.290 e. The zero-order chi connectivity index (χ0) is 14.9. The van der Waals surface area contributed by atoms with E-state index in [0.29, 0.717) is 11.3 Å². The second-order valence-electron chi connectivity index (χ2n) is 5.36. The van der Waals surface area contributed by atoms with Gasteiger partial charge in [0.1, 0.15) is 0 Å². The van der Waals surface area contributed by atoms with E-state index in [4.69, 9.17) is 5.84 Å². The predicted octanol–water partition coefficient (Wildman–Crippen LogP) is -0.0298. The molecule has 0 radical (unpaired) electrons. The summed E-state index contributed by atoms with van der Waals surface area (Å²) < 4.78 is 0. The average Bonchev–Trinajstić information content (AvgIpc) is 2.61. The molecule has 1 aromatic rings. The molecule has 7 nitrogen and oxygen atoms in total. The Bertz CT molecular complexity index is 565. The molecule has 0 saturated carbocycles. The van der Waals surface area contributed by atoms with Crippen molar-refractivity contribution in [2.75, 3.05) is 0 Å². The molecule has 20 heavy (non-hydrogen) atoms. The molecule has 106 valence electrons. The Morgan fingerprint density at radius 2 is 2.15 bits per heavy atom. The van der Waals surface area contributed by atoms with E-state index in [1.54, 1.807) is 26.0 Å². The van der Waals surface area contributed by atoms with E-state index >= 15 is 0 Å². The molecule has 0 unspecified atom stereocenters. The Balaban J connectivity index is 2.13. The number of rotatable bonds is 3. The fourth-order valence-electron chi connectivity index (χ4n) is 2.09. The van der Waals surface area contributed by atoms with Crippen molar-refractivity contribution in [3.8, 4) is 0 Å². The molecule has 0 spiro atoms. The van der Waals surface area contributed by atoms with Crippen LogP contribution in [0.1, 0.15) is 36.3 Å². The molecule has 1 fully saturated rings. The first kappa shape index (κ1) is 14.1. The third kappa shape index (κ3) is 2.53. The summed E-state index contributed by atoms with van der Waals surface area (Å²) in [5.41, 5.74) is 2.20. The van der Waals surface area contributed by atoms with Crippen LogP contribution in [0.4, 0.5) is 0 Å². The SMILES string of the molecule is CC1(C)CC(=O)N(Cc2ccc(C(=O)NN)cn2)C1=O. The van der Waals surface area contributed by atoms with Crippen LogP contribution in [-0.2, 0) is 16.1 Å². The number of hydrogen-bond donors (Lipinski definition) is 2. The first-order valence-electron chi connectivity index (χ1n) is 6.16. The van der Waals surface area contributed by atoms with Crippen LogP contribution < -0.4 is 11.3 Å². The number of hydrazine groups is 1. The van der Waals surface area contributed by atoms with Crippen LogP contribution in [0.5, 0.6) is 0 Å². The van der Waals surface area contributed by atoms with Crippen molar-refractivity contribution in [3.63, 3.8) is 0 Å². The van der Waals surface area contributed by atoms with Gasteiger partial charge < -0.3 is 0 Å². The maximum atomic E-state index is 12.1. The van der Waals surface area contributed by atoms with E-state index in [2.05, 4.69) is 4.98 Å². The number of nitrogens with zero attached hydrogens (tertiary/aromatic N) is 2. The van der Waals surface area contributed by atoms with E-state index in [-0.39, 0.29) is 24.8 Å². The van der Waals surface area contributed by atoms with Gasteiger partial charge in [0.15, 0.2) is 0 Å². The number of nitrogens with two attached hydrogens (primary N) is 1. The molecular weight excluding hydrogens is 260 g/mol. The van der Waals surface area contributed by atoms with Crippen LogP contribution in [0.25, 0.3) is 0 Å². The van der Waals surface area contributed by atoms with E-state index in [1.165, 1.54) is 11.1 Å². The third-order valence-corrected chi connectivity index (χ3v) is 3.26. The second-order valence-corrected chi connectivity index (χ2v) is 5.36. The molecule has 1 aliphatic heterocycles. The number of likely N-dealkylation sites (tertiary alicyclic amines) is 1. The number of amides is 3. The lowest BCUT2D eigenvalue weighted by molar-refractivity contribution is -0.141. The van der Waals surface area contributed by atoms with Crippen molar-refractivity contribution < 1.29 is 14.4 Å². The van der Waals surface area contributed by atoms with Gasteiger partial charge in [-0.05, 0) is 12.1 Å². The van der Waals surface area contributed by atoms with Gasteiger partial charge in [-0.1, -0.05) is 13.8 Å². The molecule has 1 aromatic heterocycles. The summed E-state index contributed by atoms with van der Waals surface area (Å²) in [6, 6.07) is 3.14. The first-order chi connectivity index (χ1) is 9.35. The smallest absolute Gasteiger partial charge is 0.266 e. The van der Waals surface area contributed by atoms with Crippen molar-refractivity contribution in [2.45, 2.75) is 26.8 Å². The molecule has 3 amide bonds. The van der Waals surface area contributed by atoms with Gasteiger partial charge in [0, 0.05) is 12.6 Å². The van der Waals surface area contributed by atoms with Crippen molar-refractivity contribution in [2.24, 2.45) is 11.3 Å². The van der Waals surface area contributed by atoms with Gasteiger partial charge in [-0.15, -0.1) is 0 Å². The highest BCUT2D eigenvalue weighted by atomic mass is 16.2. The summed E-state index contributed by atoms with van der Waals surface area (Å²) in [4.78, 5) is 40.4. The lowest BCUT2D eigenvalue weighted by atomic mass is 9.92. The highest BCUT2D eigenvalue weighted by Crippen LogP contribution is 2.32. The van der Waals surface area contributed by atoms with E-state index in [1.807, 2.05) is 5.43 Å². The number of carbonyl (C=O) groups is 3. The number of aromatic nitrogens is 1. The Labute approximate surface area is 116 Å². The highest BCUT2D eigenvalue weighted by molar-refractivity contribution is 6.05. The standard InChI is InChI=1S/C13H16N4O3/c1-13(2)5-10(18)17(12(13)20)7-9-4-3-8(6-15-9)11(19)16-14/h3-4,6H,5,7,14H2,1-2H3,(H,16,19). The monoisotopic (exact) mass is 276 g/mol. The topological polar surface area (TPSA) is 105 Å². The maximum Gasteiger partial charge on any atom is 0.266 e. The van der Waals surface area contributed by atoms with E-state index in [0.717, 1.165) is 0 Å². The quantitative estimate of drug-likeness (QED) is 0.349. The minimum atomic E-state index is -0.656. The number of hydrogen-bond acceptors (Lipinski definition) is 5. The molecule has 1 aliphatic rings. The van der Waals surface area contributed by atoms with Crippen molar-refractivity contribution in [1.82, 2.24) is 15.3 Å². The molecular formula is C13H16N4O3. The predicted molar refractivity (Wildman–Crippen MR) is 69.8 cm³/mol. The lowest BCUT2D eigenvalue weighted by Crippen LogP contribution is -2.33. The summed E-state index contributed by atoms with van der Waals surface area (Å²) in [6.45, 7) is 3.61. The average molecular weight is 276 g/mol. The van der Waals surface area contributed by atoms with Crippen LogP contribution >= 0.6 is 0 Å². The number of nitrogens with one attached hydrogen (secondary N) is 1. The fraction of sp³-hybridized carbons (Fsp3) is 0.385. The van der Waals surface area contributed by atoms with Gasteiger partial charge in [0.25, 0.3) is 5.91 Å². The minimum absolute atomic E-state index is 0.117. The summed E-state index contributed by atoms with van der Waals surface area (Å²) in [6.07, 6.45) is 1.56. The van der Waals surface area contributed by atoms with Gasteiger partial charge in [-0.2, -0.15) is 0 Å². The van der Waals surface area contributed by atoms with Gasteiger partial charge in [0.05, 0.1) is 23.2 Å². The molecule has 0 aliphatic carbocycles. The van der Waals surface area contributed by atoms with Gasteiger partial charge in [0.2, 0.25) is 11.8 Å². The van der Waals surface area contributed by atoms with Crippen LogP contribution in [0.3, 0.4) is 0 Å². The van der Waals surface area contributed by atoms with Crippen molar-refractivity contribution in [3.05, 3.63) is 29.6 Å². The van der Waals surface area contributed by atoms with Crippen LogP contribution in [0.15, 0.2) is 18.3 Å². The normalized spacial score (nSPS) is 17.4. The first-order valence-corrected chi connectivity index (χ1v) is 6.16. The minimum Gasteiger partial charge on any atom is -0.290 e. The molecule has 1 saturated heterocycles. The van der Waals surface area contributed by atoms with E-state index < -0.39 is 11.3 Å². The van der Waals surface area contributed by atoms with Crippen LogP contribution in [0, 0.1) is 5.41 Å². The zero-order valence-electron chi connectivity index (χ0n) is 11.3. The van der Waals surface area contributed by atoms with Gasteiger partial charge >= 0.3 is 0 Å². The Morgan fingerprint density at radius 1 is 1.45 bits per heavy atom. The fourth-order valence-corrected chi connectivity index (χ4v) is 2.09. The van der Waals surface area contributed by atoms with Gasteiger partial charge in [-0.3, -0.25) is 29.7 Å². The molecule has 0 bridgehead atoms. The van der Waals surface area contributed by atoms with Crippen molar-refractivity contribution in [1.29, 1.82) is 0 Å². The molecule has 0 aromatic carbocycles. The molecule has 2 rings (SSSR count). The van der Waals surface area contributed by atoms with Crippen LogP contribution in [-0.4, -0.2) is 27.6 Å². The highest BCUT2D eigenvalue weighted by Gasteiger charge is 2.44. The number of pyridine rings is 1. The zero-order valence-corrected chi connectivity index (χ0v) is 11.3. The molecule has 0 atom stereocenters. The summed E-state index contributed by atoms with van der Waals surface area (Å²) in [5.74, 6) is 4.17. The summed E-state index contributed by atoms with van der Waals surface area (Å²) >= 11 is 0. The number of nitrogen functional groups attached to an aromatic ring is 1. The van der Waals surface area contributed by atoms with Gasteiger partial charge in [-0.25, -0.2) is 5.84 Å². The number of imide groups is 1. The van der Waals surface area contributed by atoms with E-state index in [9.17, 15) is 14.4 Å². The second kappa shape index (κ2) is 5.01. The Morgan fingerprint density at radius 3 is 2.60 bits per heavy atom. The molecule has 3 N–H and O–H groups in total. The van der Waals surface area contributed by atoms with Crippen molar-refractivity contribution >= 4 is 17.7 Å². The Hall–Kier alpha value is -2.28.